The van der Waals surface area contributed by atoms with E-state index in [0.29, 0.717) is 10.8 Å². The number of fused-ring (bicyclic) bond motifs is 3. The molecule has 0 aromatic heterocycles. The molecule has 1 atom stereocenters. The number of alkyl halides is 3. The Morgan fingerprint density at radius 1 is 1.11 bits per heavy atom. The summed E-state index contributed by atoms with van der Waals surface area (Å²) in [6, 6.07) is 9.28. The molecule has 0 bridgehead atoms. The van der Waals surface area contributed by atoms with Crippen LogP contribution in [0.5, 0.6) is 0 Å². The lowest BCUT2D eigenvalue weighted by molar-refractivity contribution is -0.252. The lowest BCUT2D eigenvalue weighted by atomic mass is 9.92. The van der Waals surface area contributed by atoms with E-state index < -0.39 is 23.2 Å². The number of hydrogen-bond donors (Lipinski definition) is 2. The van der Waals surface area contributed by atoms with E-state index >= 15 is 0 Å². The molecule has 0 unspecified atom stereocenters. The number of anilines is 1. The smallest absolute Gasteiger partial charge is 0.368 e. The van der Waals surface area contributed by atoms with E-state index in [2.05, 4.69) is 5.32 Å². The zero-order valence-electron chi connectivity index (χ0n) is 9.45. The van der Waals surface area contributed by atoms with Gasteiger partial charge in [0.25, 0.3) is 11.5 Å². The summed E-state index contributed by atoms with van der Waals surface area (Å²) >= 11 is 0. The second kappa shape index (κ2) is 3.48. The van der Waals surface area contributed by atoms with Gasteiger partial charge in [-0.1, -0.05) is 36.4 Å². The molecule has 1 aliphatic rings. The van der Waals surface area contributed by atoms with Gasteiger partial charge in [0.05, 0.1) is 5.69 Å². The van der Waals surface area contributed by atoms with Gasteiger partial charge < -0.3 is 10.4 Å². The summed E-state index contributed by atoms with van der Waals surface area (Å²) in [4.78, 5) is 11.6. The molecule has 2 aromatic rings. The van der Waals surface area contributed by atoms with Gasteiger partial charge in [-0.2, -0.15) is 13.2 Å². The van der Waals surface area contributed by atoms with Crippen LogP contribution in [0.3, 0.4) is 0 Å². The van der Waals surface area contributed by atoms with Crippen LogP contribution in [0.4, 0.5) is 18.9 Å². The largest absolute Gasteiger partial charge is 0.430 e. The van der Waals surface area contributed by atoms with Gasteiger partial charge in [-0.3, -0.25) is 4.79 Å². The number of halogens is 3. The fourth-order valence-electron chi connectivity index (χ4n) is 2.32. The number of carbonyl (C=O) groups excluding carboxylic acids is 1. The first-order chi connectivity index (χ1) is 8.85. The number of nitrogens with one attached hydrogen (secondary N) is 1. The standard InChI is InChI=1S/C13H8F3NO2/c14-13(15,16)12(19)9-6-5-7-3-1-2-4-8(7)10(9)17-11(12)18/h1-6,19H,(H,17,18)/t12-/m0/s1. The summed E-state index contributed by atoms with van der Waals surface area (Å²) in [6.45, 7) is 0. The maximum absolute atomic E-state index is 13.0. The van der Waals surface area contributed by atoms with Crippen LogP contribution in [0.2, 0.25) is 0 Å². The number of amides is 1. The van der Waals surface area contributed by atoms with Crippen molar-refractivity contribution in [2.75, 3.05) is 5.32 Å². The molecule has 0 saturated carbocycles. The summed E-state index contributed by atoms with van der Waals surface area (Å²) in [5.41, 5.74) is -3.92. The van der Waals surface area contributed by atoms with Crippen LogP contribution in [-0.2, 0) is 10.4 Å². The van der Waals surface area contributed by atoms with Crippen molar-refractivity contribution in [3.63, 3.8) is 0 Å². The minimum atomic E-state index is -5.06. The van der Waals surface area contributed by atoms with Crippen molar-refractivity contribution in [2.24, 2.45) is 0 Å². The first-order valence-electron chi connectivity index (χ1n) is 5.48. The van der Waals surface area contributed by atoms with Crippen molar-refractivity contribution in [1.82, 2.24) is 0 Å². The second-order valence-corrected chi connectivity index (χ2v) is 4.37. The molecule has 2 N–H and O–H groups in total. The number of aliphatic hydroxyl groups is 1. The summed E-state index contributed by atoms with van der Waals surface area (Å²) in [5.74, 6) is -1.47. The average Bonchev–Trinajstić information content (AvgIpc) is 2.63. The molecule has 1 aliphatic heterocycles. The maximum Gasteiger partial charge on any atom is 0.430 e. The molecule has 1 amide bonds. The van der Waals surface area contributed by atoms with Gasteiger partial charge in [0.2, 0.25) is 0 Å². The zero-order chi connectivity index (χ0) is 13.8. The van der Waals surface area contributed by atoms with Crippen LogP contribution >= 0.6 is 0 Å². The Kier molecular flexibility index (Phi) is 2.19. The predicted octanol–water partition coefficient (Wildman–Crippen LogP) is 2.54. The molecule has 3 rings (SSSR count). The topological polar surface area (TPSA) is 49.3 Å². The molecule has 2 aromatic carbocycles. The number of rotatable bonds is 0. The van der Waals surface area contributed by atoms with E-state index in [1.165, 1.54) is 6.07 Å². The normalized spacial score (nSPS) is 22.4. The van der Waals surface area contributed by atoms with E-state index in [0.717, 1.165) is 6.07 Å². The van der Waals surface area contributed by atoms with Gasteiger partial charge in [-0.25, -0.2) is 0 Å². The quantitative estimate of drug-likeness (QED) is 0.770. The molecule has 6 heteroatoms. The molecule has 19 heavy (non-hydrogen) atoms. The Labute approximate surface area is 105 Å². The third-order valence-corrected chi connectivity index (χ3v) is 3.30. The van der Waals surface area contributed by atoms with E-state index in [1.807, 2.05) is 0 Å². The van der Waals surface area contributed by atoms with E-state index in [9.17, 15) is 23.1 Å². The van der Waals surface area contributed by atoms with Crippen molar-refractivity contribution in [3.05, 3.63) is 42.0 Å². The first kappa shape index (κ1) is 12.0. The van der Waals surface area contributed by atoms with Gasteiger partial charge in [0.15, 0.2) is 0 Å². The second-order valence-electron chi connectivity index (χ2n) is 4.37. The van der Waals surface area contributed by atoms with Crippen LogP contribution in [0, 0.1) is 0 Å². The van der Waals surface area contributed by atoms with Crippen LogP contribution in [0.1, 0.15) is 5.56 Å². The fourth-order valence-corrected chi connectivity index (χ4v) is 2.32. The Morgan fingerprint density at radius 3 is 2.47 bits per heavy atom. The molecular weight excluding hydrogens is 259 g/mol. The molecule has 98 valence electrons. The molecule has 3 nitrogen and oxygen atoms in total. The highest BCUT2D eigenvalue weighted by Crippen LogP contribution is 2.48. The van der Waals surface area contributed by atoms with E-state index in [1.54, 1.807) is 24.3 Å². The Morgan fingerprint density at radius 2 is 1.79 bits per heavy atom. The Bertz CT molecular complexity index is 696. The molecule has 0 spiro atoms. The van der Waals surface area contributed by atoms with Crippen LogP contribution in [-0.4, -0.2) is 17.2 Å². The van der Waals surface area contributed by atoms with Crippen LogP contribution < -0.4 is 5.32 Å². The number of carbonyl (C=O) groups is 1. The summed E-state index contributed by atoms with van der Waals surface area (Å²) in [6.07, 6.45) is -5.06. The highest BCUT2D eigenvalue weighted by Gasteiger charge is 2.64. The van der Waals surface area contributed by atoms with E-state index in [4.69, 9.17) is 0 Å². The van der Waals surface area contributed by atoms with Crippen molar-refractivity contribution >= 4 is 22.4 Å². The van der Waals surface area contributed by atoms with Gasteiger partial charge in [-0.05, 0) is 5.39 Å². The highest BCUT2D eigenvalue weighted by molar-refractivity contribution is 6.13. The number of benzene rings is 2. The Balaban J connectivity index is 2.35. The van der Waals surface area contributed by atoms with Crippen molar-refractivity contribution in [1.29, 1.82) is 0 Å². The Hall–Kier alpha value is -2.08. The lowest BCUT2D eigenvalue weighted by Crippen LogP contribution is -2.47. The predicted molar refractivity (Wildman–Crippen MR) is 62.5 cm³/mol. The minimum absolute atomic E-state index is 0.0166. The summed E-state index contributed by atoms with van der Waals surface area (Å²) in [7, 11) is 0. The van der Waals surface area contributed by atoms with Gasteiger partial charge >= 0.3 is 6.18 Å². The monoisotopic (exact) mass is 267 g/mol. The van der Waals surface area contributed by atoms with Crippen molar-refractivity contribution in [2.45, 2.75) is 11.8 Å². The highest BCUT2D eigenvalue weighted by atomic mass is 19.4. The van der Waals surface area contributed by atoms with Gasteiger partial charge in [0.1, 0.15) is 0 Å². The molecule has 0 fully saturated rings. The third-order valence-electron chi connectivity index (χ3n) is 3.30. The molecular formula is C13H8F3NO2. The molecule has 1 heterocycles. The zero-order valence-corrected chi connectivity index (χ0v) is 9.45. The van der Waals surface area contributed by atoms with E-state index in [-0.39, 0.29) is 5.69 Å². The summed E-state index contributed by atoms with van der Waals surface area (Å²) in [5, 5.41) is 13.1. The SMILES string of the molecule is O=C1Nc2c(ccc3ccccc23)[C@@]1(O)C(F)(F)F. The summed E-state index contributed by atoms with van der Waals surface area (Å²) < 4.78 is 38.9. The van der Waals surface area contributed by atoms with Crippen LogP contribution in [0.15, 0.2) is 36.4 Å². The molecule has 0 saturated heterocycles. The number of hydrogen-bond acceptors (Lipinski definition) is 2. The van der Waals surface area contributed by atoms with Crippen LogP contribution in [0.25, 0.3) is 10.8 Å². The van der Waals surface area contributed by atoms with Gasteiger partial charge in [0, 0.05) is 10.9 Å². The lowest BCUT2D eigenvalue weighted by Gasteiger charge is -2.23. The van der Waals surface area contributed by atoms with Gasteiger partial charge in [-0.15, -0.1) is 0 Å². The average molecular weight is 267 g/mol. The maximum atomic E-state index is 13.0. The van der Waals surface area contributed by atoms with Crippen molar-refractivity contribution in [3.8, 4) is 0 Å². The molecule has 0 radical (unpaired) electrons. The first-order valence-corrected chi connectivity index (χ1v) is 5.48. The minimum Gasteiger partial charge on any atom is -0.368 e. The fraction of sp³-hybridized carbons (Fsp3) is 0.154. The molecule has 0 aliphatic carbocycles. The third kappa shape index (κ3) is 1.40. The van der Waals surface area contributed by atoms with Crippen molar-refractivity contribution < 1.29 is 23.1 Å².